The van der Waals surface area contributed by atoms with Crippen molar-refractivity contribution in [3.63, 3.8) is 0 Å². The van der Waals surface area contributed by atoms with Crippen molar-refractivity contribution in [1.29, 1.82) is 0 Å². The Bertz CT molecular complexity index is 1100. The summed E-state index contributed by atoms with van der Waals surface area (Å²) >= 11 is 1.38. The molecule has 0 fully saturated rings. The van der Waals surface area contributed by atoms with Crippen molar-refractivity contribution in [1.82, 2.24) is 24.5 Å². The first-order chi connectivity index (χ1) is 11.6. The number of aromatic nitrogens is 5. The lowest BCUT2D eigenvalue weighted by molar-refractivity contribution is 0.0997. The molecule has 0 aromatic carbocycles. The average Bonchev–Trinajstić information content (AvgIpc) is 3.21. The first-order valence-corrected chi connectivity index (χ1v) is 7.80. The molecule has 0 aliphatic heterocycles. The van der Waals surface area contributed by atoms with Crippen LogP contribution in [0.4, 0.5) is 0 Å². The molecule has 4 aromatic rings. The van der Waals surface area contributed by atoms with E-state index in [1.807, 2.05) is 11.4 Å². The van der Waals surface area contributed by atoms with Crippen LogP contribution in [0.3, 0.4) is 0 Å². The van der Waals surface area contributed by atoms with Gasteiger partial charge < -0.3 is 10.7 Å². The monoisotopic (exact) mass is 338 g/mol. The molecule has 0 spiro atoms. The maximum atomic E-state index is 12.3. The molecular weight excluding hydrogens is 328 g/mol. The number of carbonyl (C=O) groups is 1. The summed E-state index contributed by atoms with van der Waals surface area (Å²) in [5.41, 5.74) is 6.19. The van der Waals surface area contributed by atoms with E-state index in [-0.39, 0.29) is 11.2 Å². The third-order valence-corrected chi connectivity index (χ3v) is 4.29. The quantitative estimate of drug-likeness (QED) is 0.584. The molecule has 0 saturated carbocycles. The van der Waals surface area contributed by atoms with Crippen molar-refractivity contribution < 1.29 is 4.79 Å². The van der Waals surface area contributed by atoms with Gasteiger partial charge in [0.05, 0.1) is 0 Å². The second-order valence-electron chi connectivity index (χ2n) is 4.91. The Morgan fingerprint density at radius 2 is 2.00 bits per heavy atom. The summed E-state index contributed by atoms with van der Waals surface area (Å²) in [5.74, 6) is -0.444. The van der Waals surface area contributed by atoms with Crippen LogP contribution in [0.25, 0.3) is 27.6 Å². The van der Waals surface area contributed by atoms with E-state index >= 15 is 0 Å². The zero-order valence-electron chi connectivity index (χ0n) is 12.1. The molecule has 0 radical (unpaired) electrons. The van der Waals surface area contributed by atoms with Gasteiger partial charge in [0.1, 0.15) is 10.5 Å². The highest BCUT2D eigenvalue weighted by Crippen LogP contribution is 2.23. The van der Waals surface area contributed by atoms with Gasteiger partial charge in [0.2, 0.25) is 0 Å². The fraction of sp³-hybridized carbons (Fsp3) is 0. The van der Waals surface area contributed by atoms with E-state index in [0.717, 1.165) is 0 Å². The summed E-state index contributed by atoms with van der Waals surface area (Å²) < 4.78 is 1.40. The molecule has 0 saturated heterocycles. The number of aromatic amines is 1. The molecule has 118 valence electrons. The maximum absolute atomic E-state index is 12.3. The number of rotatable bonds is 3. The lowest BCUT2D eigenvalue weighted by atomic mass is 10.2. The van der Waals surface area contributed by atoms with E-state index in [0.29, 0.717) is 22.0 Å². The van der Waals surface area contributed by atoms with Crippen LogP contribution in [-0.2, 0) is 0 Å². The lowest BCUT2D eigenvalue weighted by Crippen LogP contribution is -2.15. The molecule has 3 N–H and O–H groups in total. The van der Waals surface area contributed by atoms with Gasteiger partial charge in [-0.3, -0.25) is 9.78 Å². The van der Waals surface area contributed by atoms with Crippen LogP contribution in [0, 0.1) is 0 Å². The van der Waals surface area contributed by atoms with E-state index in [4.69, 9.17) is 5.73 Å². The number of nitrogens with zero attached hydrogens (tertiary/aromatic N) is 4. The first-order valence-electron chi connectivity index (χ1n) is 6.92. The van der Waals surface area contributed by atoms with Crippen molar-refractivity contribution in [2.75, 3.05) is 0 Å². The smallest absolute Gasteiger partial charge is 0.333 e. The fourth-order valence-electron chi connectivity index (χ4n) is 2.39. The number of thiophene rings is 1. The Hall–Kier alpha value is -3.33. The summed E-state index contributed by atoms with van der Waals surface area (Å²) in [6.07, 6.45) is 3.19. The molecule has 1 amide bonds. The van der Waals surface area contributed by atoms with Crippen molar-refractivity contribution in [3.8, 4) is 16.4 Å². The minimum absolute atomic E-state index is 0.0285. The van der Waals surface area contributed by atoms with Gasteiger partial charge in [-0.25, -0.2) is 19.3 Å². The Kier molecular flexibility index (Phi) is 3.21. The van der Waals surface area contributed by atoms with E-state index < -0.39 is 11.6 Å². The van der Waals surface area contributed by atoms with Crippen LogP contribution in [-0.4, -0.2) is 30.4 Å². The van der Waals surface area contributed by atoms with Gasteiger partial charge in [-0.1, -0.05) is 0 Å². The molecule has 0 bridgehead atoms. The number of pyridine rings is 1. The number of H-pyrrole nitrogens is 1. The molecule has 4 rings (SSSR count). The molecule has 8 nitrogen and oxygen atoms in total. The van der Waals surface area contributed by atoms with Crippen molar-refractivity contribution >= 4 is 28.4 Å². The minimum Gasteiger partial charge on any atom is -0.364 e. The molecule has 0 aliphatic rings. The van der Waals surface area contributed by atoms with Crippen LogP contribution in [0.2, 0.25) is 0 Å². The zero-order valence-corrected chi connectivity index (χ0v) is 12.9. The van der Waals surface area contributed by atoms with Gasteiger partial charge in [-0.2, -0.15) is 0 Å². The van der Waals surface area contributed by atoms with Gasteiger partial charge in [-0.05, 0) is 29.6 Å². The Morgan fingerprint density at radius 1 is 1.21 bits per heavy atom. The Labute approximate surface area is 138 Å². The minimum atomic E-state index is -0.739. The van der Waals surface area contributed by atoms with E-state index in [1.165, 1.54) is 15.9 Å². The van der Waals surface area contributed by atoms with Crippen LogP contribution in [0.15, 0.2) is 46.8 Å². The van der Waals surface area contributed by atoms with Gasteiger partial charge in [0.15, 0.2) is 17.2 Å². The zero-order chi connectivity index (χ0) is 16.7. The van der Waals surface area contributed by atoms with E-state index in [2.05, 4.69) is 19.9 Å². The van der Waals surface area contributed by atoms with E-state index in [9.17, 15) is 9.59 Å². The standard InChI is InChI=1S/C15H10N6O2S/c16-12(22)10-11-14(20-13(18-10)8-3-5-17-6-4-8)21(15(23)19-11)9-2-1-7-24-9/h1-7H,(H2,16,22)(H,19,23). The van der Waals surface area contributed by atoms with Gasteiger partial charge >= 0.3 is 5.69 Å². The number of nitrogens with one attached hydrogen (secondary N) is 1. The van der Waals surface area contributed by atoms with Crippen LogP contribution in [0.1, 0.15) is 10.5 Å². The van der Waals surface area contributed by atoms with Gasteiger partial charge in [0, 0.05) is 18.0 Å². The number of primary amides is 1. The summed E-state index contributed by atoms with van der Waals surface area (Å²) in [6.45, 7) is 0. The highest BCUT2D eigenvalue weighted by atomic mass is 32.1. The molecule has 9 heteroatoms. The topological polar surface area (TPSA) is 120 Å². The Morgan fingerprint density at radius 3 is 2.67 bits per heavy atom. The largest absolute Gasteiger partial charge is 0.364 e. The third kappa shape index (κ3) is 2.18. The average molecular weight is 338 g/mol. The van der Waals surface area contributed by atoms with Gasteiger partial charge in [0.25, 0.3) is 5.91 Å². The van der Waals surface area contributed by atoms with Crippen LogP contribution < -0.4 is 11.4 Å². The SMILES string of the molecule is NC(=O)c1nc(-c2ccncc2)nc2c1[nH]c(=O)n2-c1cccs1. The number of imidazole rings is 1. The molecule has 0 atom stereocenters. The summed E-state index contributed by atoms with van der Waals surface area (Å²) in [4.78, 5) is 39.4. The molecular formula is C15H10N6O2S. The lowest BCUT2D eigenvalue weighted by Gasteiger charge is -2.05. The molecule has 24 heavy (non-hydrogen) atoms. The third-order valence-electron chi connectivity index (χ3n) is 3.44. The van der Waals surface area contributed by atoms with Crippen molar-refractivity contribution in [2.45, 2.75) is 0 Å². The molecule has 0 aliphatic carbocycles. The first kappa shape index (κ1) is 14.3. The van der Waals surface area contributed by atoms with Crippen molar-refractivity contribution in [3.05, 3.63) is 58.2 Å². The van der Waals surface area contributed by atoms with Gasteiger partial charge in [-0.15, -0.1) is 11.3 Å². The summed E-state index contributed by atoms with van der Waals surface area (Å²) in [6, 6.07) is 7.04. The second-order valence-corrected chi connectivity index (χ2v) is 5.84. The summed E-state index contributed by atoms with van der Waals surface area (Å²) in [7, 11) is 0. The highest BCUT2D eigenvalue weighted by Gasteiger charge is 2.20. The predicted octanol–water partition coefficient (Wildman–Crippen LogP) is 1.33. The predicted molar refractivity (Wildman–Crippen MR) is 89.1 cm³/mol. The fourth-order valence-corrected chi connectivity index (χ4v) is 3.12. The molecule has 0 unspecified atom stereocenters. The number of amides is 1. The highest BCUT2D eigenvalue weighted by molar-refractivity contribution is 7.12. The second kappa shape index (κ2) is 5.39. The number of carbonyl (C=O) groups excluding carboxylic acids is 1. The normalized spacial score (nSPS) is 11.0. The summed E-state index contributed by atoms with van der Waals surface area (Å²) in [5, 5.41) is 2.53. The van der Waals surface area contributed by atoms with Crippen LogP contribution >= 0.6 is 11.3 Å². The number of nitrogens with two attached hydrogens (primary N) is 1. The Balaban J connectivity index is 2.10. The van der Waals surface area contributed by atoms with Crippen LogP contribution in [0.5, 0.6) is 0 Å². The number of hydrogen-bond acceptors (Lipinski definition) is 6. The molecule has 4 aromatic heterocycles. The number of hydrogen-bond donors (Lipinski definition) is 2. The van der Waals surface area contributed by atoms with E-state index in [1.54, 1.807) is 30.6 Å². The molecule has 4 heterocycles. The maximum Gasteiger partial charge on any atom is 0.333 e. The van der Waals surface area contributed by atoms with Crippen molar-refractivity contribution in [2.24, 2.45) is 5.73 Å². The number of fused-ring (bicyclic) bond motifs is 1.